The minimum Gasteiger partial charge on any atom is -0.394 e. The molecule has 72 valence electrons. The lowest BCUT2D eigenvalue weighted by Gasteiger charge is -2.22. The lowest BCUT2D eigenvalue weighted by atomic mass is 10.1. The Morgan fingerprint density at radius 1 is 1.58 bits per heavy atom. The molecule has 0 aromatic carbocycles. The zero-order valence-electron chi connectivity index (χ0n) is 7.88. The van der Waals surface area contributed by atoms with E-state index >= 15 is 0 Å². The Morgan fingerprint density at radius 2 is 2.33 bits per heavy atom. The summed E-state index contributed by atoms with van der Waals surface area (Å²) in [6.07, 6.45) is 3.05. The summed E-state index contributed by atoms with van der Waals surface area (Å²) in [5.74, 6) is -0.441. The molecule has 1 N–H and O–H groups in total. The van der Waals surface area contributed by atoms with Crippen molar-refractivity contribution in [3.8, 4) is 0 Å². The van der Waals surface area contributed by atoms with Crippen molar-refractivity contribution < 1.29 is 14.6 Å². The summed E-state index contributed by atoms with van der Waals surface area (Å²) in [5, 5.41) is 8.82. The van der Waals surface area contributed by atoms with Crippen LogP contribution in [0, 0.1) is 0 Å². The average molecular weight is 174 g/mol. The number of ether oxygens (including phenoxy) is 2. The van der Waals surface area contributed by atoms with Crippen molar-refractivity contribution in [3.63, 3.8) is 0 Å². The molecule has 0 amide bonds. The predicted octanol–water partition coefficient (Wildman–Crippen LogP) is 1.30. The van der Waals surface area contributed by atoms with Crippen molar-refractivity contribution in [2.24, 2.45) is 0 Å². The first-order valence-corrected chi connectivity index (χ1v) is 4.63. The van der Waals surface area contributed by atoms with Gasteiger partial charge in [0.25, 0.3) is 0 Å². The van der Waals surface area contributed by atoms with E-state index in [1.54, 1.807) is 0 Å². The smallest absolute Gasteiger partial charge is 0.166 e. The largest absolute Gasteiger partial charge is 0.394 e. The highest BCUT2D eigenvalue weighted by molar-refractivity contribution is 4.74. The highest BCUT2D eigenvalue weighted by Crippen LogP contribution is 2.28. The lowest BCUT2D eigenvalue weighted by Crippen LogP contribution is -2.27. The van der Waals surface area contributed by atoms with E-state index in [4.69, 9.17) is 14.6 Å². The van der Waals surface area contributed by atoms with E-state index in [-0.39, 0.29) is 12.7 Å². The van der Waals surface area contributed by atoms with Gasteiger partial charge in [0.15, 0.2) is 5.79 Å². The summed E-state index contributed by atoms with van der Waals surface area (Å²) < 4.78 is 11.0. The number of aliphatic hydroxyl groups is 1. The van der Waals surface area contributed by atoms with Crippen LogP contribution in [0.3, 0.4) is 0 Å². The number of unbranched alkanes of at least 4 members (excludes halogenated alkanes) is 1. The fraction of sp³-hybridized carbons (Fsp3) is 1.00. The lowest BCUT2D eigenvalue weighted by molar-refractivity contribution is -0.162. The minimum absolute atomic E-state index is 0.0573. The highest BCUT2D eigenvalue weighted by atomic mass is 16.7. The average Bonchev–Trinajstić information content (AvgIpc) is 2.45. The second kappa shape index (κ2) is 4.21. The maximum Gasteiger partial charge on any atom is 0.166 e. The van der Waals surface area contributed by atoms with Crippen molar-refractivity contribution in [2.45, 2.75) is 45.0 Å². The van der Waals surface area contributed by atoms with Crippen molar-refractivity contribution in [3.05, 3.63) is 0 Å². The topological polar surface area (TPSA) is 38.7 Å². The standard InChI is InChI=1S/C9H18O3/c1-3-4-5-9(2)11-7-8(6-10)12-9/h8,10H,3-7H2,1-2H3. The van der Waals surface area contributed by atoms with E-state index < -0.39 is 5.79 Å². The van der Waals surface area contributed by atoms with Gasteiger partial charge in [-0.15, -0.1) is 0 Å². The number of rotatable bonds is 4. The first-order valence-electron chi connectivity index (χ1n) is 4.63. The van der Waals surface area contributed by atoms with Crippen molar-refractivity contribution in [1.29, 1.82) is 0 Å². The fourth-order valence-corrected chi connectivity index (χ4v) is 1.41. The van der Waals surface area contributed by atoms with Gasteiger partial charge in [-0.25, -0.2) is 0 Å². The van der Waals surface area contributed by atoms with E-state index in [1.807, 2.05) is 6.92 Å². The van der Waals surface area contributed by atoms with Gasteiger partial charge in [-0.2, -0.15) is 0 Å². The molecule has 12 heavy (non-hydrogen) atoms. The minimum atomic E-state index is -0.441. The van der Waals surface area contributed by atoms with Gasteiger partial charge in [-0.1, -0.05) is 13.3 Å². The fourth-order valence-electron chi connectivity index (χ4n) is 1.41. The molecule has 1 fully saturated rings. The molecule has 3 heteroatoms. The van der Waals surface area contributed by atoms with Crippen LogP contribution in [0.1, 0.15) is 33.1 Å². The van der Waals surface area contributed by atoms with Crippen LogP contribution in [0.5, 0.6) is 0 Å². The SMILES string of the molecule is CCCCC1(C)OCC(CO)O1. The van der Waals surface area contributed by atoms with E-state index in [9.17, 15) is 0 Å². The molecule has 0 aliphatic carbocycles. The third-order valence-electron chi connectivity index (χ3n) is 2.18. The van der Waals surface area contributed by atoms with Crippen molar-refractivity contribution in [2.75, 3.05) is 13.2 Å². The summed E-state index contributed by atoms with van der Waals surface area (Å²) >= 11 is 0. The summed E-state index contributed by atoms with van der Waals surface area (Å²) in [5.41, 5.74) is 0. The molecule has 1 heterocycles. The zero-order valence-corrected chi connectivity index (χ0v) is 7.88. The Kier molecular flexibility index (Phi) is 3.50. The van der Waals surface area contributed by atoms with Crippen LogP contribution in [0.4, 0.5) is 0 Å². The van der Waals surface area contributed by atoms with Gasteiger partial charge in [0.1, 0.15) is 6.10 Å². The van der Waals surface area contributed by atoms with E-state index in [0.29, 0.717) is 6.61 Å². The quantitative estimate of drug-likeness (QED) is 0.698. The predicted molar refractivity (Wildman–Crippen MR) is 45.8 cm³/mol. The molecule has 1 aliphatic rings. The molecule has 0 aromatic rings. The Morgan fingerprint density at radius 3 is 2.83 bits per heavy atom. The van der Waals surface area contributed by atoms with E-state index in [1.165, 1.54) is 0 Å². The molecule has 0 spiro atoms. The molecule has 0 radical (unpaired) electrons. The maximum atomic E-state index is 8.82. The van der Waals surface area contributed by atoms with Crippen LogP contribution in [-0.4, -0.2) is 30.2 Å². The molecule has 1 rings (SSSR count). The first kappa shape index (κ1) is 9.96. The van der Waals surface area contributed by atoms with Crippen LogP contribution in [0.2, 0.25) is 0 Å². The van der Waals surface area contributed by atoms with Gasteiger partial charge in [-0.05, 0) is 13.3 Å². The Bertz CT molecular complexity index is 138. The molecular formula is C9H18O3. The van der Waals surface area contributed by atoms with Crippen LogP contribution in [-0.2, 0) is 9.47 Å². The first-order chi connectivity index (χ1) is 5.70. The third-order valence-corrected chi connectivity index (χ3v) is 2.18. The number of aliphatic hydroxyl groups excluding tert-OH is 1. The van der Waals surface area contributed by atoms with Gasteiger partial charge in [0, 0.05) is 6.42 Å². The molecule has 0 saturated carbocycles. The number of hydrogen-bond acceptors (Lipinski definition) is 3. The second-order valence-corrected chi connectivity index (χ2v) is 3.47. The van der Waals surface area contributed by atoms with E-state index in [0.717, 1.165) is 19.3 Å². The normalized spacial score (nSPS) is 35.8. The molecule has 1 aliphatic heterocycles. The molecule has 2 atom stereocenters. The summed E-state index contributed by atoms with van der Waals surface area (Å²) in [6.45, 7) is 4.67. The molecule has 3 nitrogen and oxygen atoms in total. The third kappa shape index (κ3) is 2.44. The second-order valence-electron chi connectivity index (χ2n) is 3.47. The summed E-state index contributed by atoms with van der Waals surface area (Å²) in [6, 6.07) is 0. The molecule has 1 saturated heterocycles. The molecular weight excluding hydrogens is 156 g/mol. The monoisotopic (exact) mass is 174 g/mol. The van der Waals surface area contributed by atoms with E-state index in [2.05, 4.69) is 6.92 Å². The van der Waals surface area contributed by atoms with Gasteiger partial charge >= 0.3 is 0 Å². The van der Waals surface area contributed by atoms with Crippen molar-refractivity contribution >= 4 is 0 Å². The van der Waals surface area contributed by atoms with Crippen LogP contribution in [0.15, 0.2) is 0 Å². The molecule has 0 aromatic heterocycles. The van der Waals surface area contributed by atoms with Crippen LogP contribution >= 0.6 is 0 Å². The summed E-state index contributed by atoms with van der Waals surface area (Å²) in [7, 11) is 0. The molecule has 0 bridgehead atoms. The van der Waals surface area contributed by atoms with Crippen LogP contribution in [0.25, 0.3) is 0 Å². The highest BCUT2D eigenvalue weighted by Gasteiger charge is 2.35. The van der Waals surface area contributed by atoms with Gasteiger partial charge < -0.3 is 14.6 Å². The van der Waals surface area contributed by atoms with Gasteiger partial charge in [-0.3, -0.25) is 0 Å². The number of hydrogen-bond donors (Lipinski definition) is 1. The Balaban J connectivity index is 2.31. The van der Waals surface area contributed by atoms with Gasteiger partial charge in [0.2, 0.25) is 0 Å². The Labute approximate surface area is 73.7 Å². The van der Waals surface area contributed by atoms with Crippen LogP contribution < -0.4 is 0 Å². The maximum absolute atomic E-state index is 8.82. The van der Waals surface area contributed by atoms with Gasteiger partial charge in [0.05, 0.1) is 13.2 Å². The zero-order chi connectivity index (χ0) is 9.03. The molecule has 2 unspecified atom stereocenters. The summed E-state index contributed by atoms with van der Waals surface area (Å²) in [4.78, 5) is 0. The Hall–Kier alpha value is -0.120. The van der Waals surface area contributed by atoms with Crippen molar-refractivity contribution in [1.82, 2.24) is 0 Å².